The van der Waals surface area contributed by atoms with Gasteiger partial charge in [0.05, 0.1) is 18.5 Å². The number of anilines is 1. The van der Waals surface area contributed by atoms with Crippen LogP contribution in [0, 0.1) is 6.92 Å². The van der Waals surface area contributed by atoms with Gasteiger partial charge in [-0.05, 0) is 43.7 Å². The molecule has 0 heterocycles. The van der Waals surface area contributed by atoms with Crippen LogP contribution < -0.4 is 14.4 Å². The highest BCUT2D eigenvalue weighted by Crippen LogP contribution is 2.24. The van der Waals surface area contributed by atoms with E-state index in [1.165, 1.54) is 13.0 Å². The molecule has 0 spiro atoms. The Morgan fingerprint density at radius 1 is 1.22 bits per heavy atom. The smallest absolute Gasteiger partial charge is 0.243 e. The fourth-order valence-corrected chi connectivity index (χ4v) is 3.97. The zero-order valence-corrected chi connectivity index (χ0v) is 17.0. The van der Waals surface area contributed by atoms with Crippen LogP contribution in [-0.4, -0.2) is 39.8 Å². The number of amides is 1. The zero-order chi connectivity index (χ0) is 20.0. The van der Waals surface area contributed by atoms with E-state index in [4.69, 9.17) is 16.3 Å². The maximum Gasteiger partial charge on any atom is 0.243 e. The quantitative estimate of drug-likeness (QED) is 0.679. The molecule has 1 amide bonds. The molecule has 0 saturated heterocycles. The second-order valence-corrected chi connectivity index (χ2v) is 8.42. The van der Waals surface area contributed by atoms with Gasteiger partial charge in [-0.1, -0.05) is 35.9 Å². The third-order valence-electron chi connectivity index (χ3n) is 3.90. The molecule has 0 radical (unpaired) electrons. The molecule has 0 fully saturated rings. The van der Waals surface area contributed by atoms with E-state index in [2.05, 4.69) is 5.32 Å². The number of ether oxygens (including phenoxy) is 1. The predicted molar refractivity (Wildman–Crippen MR) is 108 cm³/mol. The third-order valence-corrected chi connectivity index (χ3v) is 5.38. The van der Waals surface area contributed by atoms with E-state index in [-0.39, 0.29) is 13.2 Å². The van der Waals surface area contributed by atoms with E-state index in [1.54, 1.807) is 18.2 Å². The van der Waals surface area contributed by atoms with Crippen LogP contribution in [0.5, 0.6) is 5.75 Å². The Morgan fingerprint density at radius 3 is 2.56 bits per heavy atom. The highest BCUT2D eigenvalue weighted by molar-refractivity contribution is 7.92. The monoisotopic (exact) mass is 410 g/mol. The van der Waals surface area contributed by atoms with Gasteiger partial charge in [0.1, 0.15) is 18.4 Å². The number of para-hydroxylation sites is 1. The average molecular weight is 411 g/mol. The molecule has 2 rings (SSSR count). The number of hydrogen-bond donors (Lipinski definition) is 1. The summed E-state index contributed by atoms with van der Waals surface area (Å²) < 4.78 is 31.1. The number of halogens is 1. The number of carbonyl (C=O) groups is 1. The highest BCUT2D eigenvalue weighted by Gasteiger charge is 2.29. The second kappa shape index (κ2) is 9.10. The standard InChI is InChI=1S/C19H23ClN2O4S/c1-14-7-4-5-10-18(14)26-12-11-21-19(23)15(2)22(27(3,24)25)17-9-6-8-16(20)13-17/h4-10,13,15H,11-12H2,1-3H3,(H,21,23). The van der Waals surface area contributed by atoms with Gasteiger partial charge in [0.15, 0.2) is 0 Å². The Balaban J connectivity index is 2.00. The molecule has 1 atom stereocenters. The molecule has 6 nitrogen and oxygen atoms in total. The van der Waals surface area contributed by atoms with Crippen molar-refractivity contribution < 1.29 is 17.9 Å². The molecule has 0 aliphatic carbocycles. The summed E-state index contributed by atoms with van der Waals surface area (Å²) in [4.78, 5) is 12.5. The second-order valence-electron chi connectivity index (χ2n) is 6.12. The van der Waals surface area contributed by atoms with E-state index >= 15 is 0 Å². The van der Waals surface area contributed by atoms with Gasteiger partial charge in [-0.3, -0.25) is 9.10 Å². The fraction of sp³-hybridized carbons (Fsp3) is 0.316. The number of rotatable bonds is 8. The van der Waals surface area contributed by atoms with Crippen molar-refractivity contribution in [2.24, 2.45) is 0 Å². The minimum Gasteiger partial charge on any atom is -0.491 e. The van der Waals surface area contributed by atoms with Gasteiger partial charge in [-0.2, -0.15) is 0 Å². The van der Waals surface area contributed by atoms with E-state index in [0.717, 1.165) is 21.9 Å². The Hall–Kier alpha value is -2.25. The van der Waals surface area contributed by atoms with Crippen LogP contribution in [-0.2, 0) is 14.8 Å². The molecule has 2 aromatic rings. The summed E-state index contributed by atoms with van der Waals surface area (Å²) in [7, 11) is -3.68. The first-order valence-electron chi connectivity index (χ1n) is 8.41. The number of hydrogen-bond acceptors (Lipinski definition) is 4. The van der Waals surface area contributed by atoms with Crippen LogP contribution in [0.4, 0.5) is 5.69 Å². The minimum atomic E-state index is -3.68. The summed E-state index contributed by atoms with van der Waals surface area (Å²) in [5, 5.41) is 3.10. The molecule has 0 aliphatic heterocycles. The summed E-state index contributed by atoms with van der Waals surface area (Å²) in [6.45, 7) is 3.99. The van der Waals surface area contributed by atoms with Crippen molar-refractivity contribution in [1.29, 1.82) is 0 Å². The van der Waals surface area contributed by atoms with Crippen LogP contribution in [0.2, 0.25) is 5.02 Å². The molecular formula is C19H23ClN2O4S. The van der Waals surface area contributed by atoms with Crippen molar-refractivity contribution >= 4 is 33.2 Å². The summed E-state index contributed by atoms with van der Waals surface area (Å²) in [5.74, 6) is 0.324. The SMILES string of the molecule is Cc1ccccc1OCCNC(=O)C(C)N(c1cccc(Cl)c1)S(C)(=O)=O. The lowest BCUT2D eigenvalue weighted by Crippen LogP contribution is -2.48. The van der Waals surface area contributed by atoms with Crippen molar-refractivity contribution in [3.63, 3.8) is 0 Å². The van der Waals surface area contributed by atoms with Gasteiger partial charge in [-0.25, -0.2) is 8.42 Å². The van der Waals surface area contributed by atoms with Crippen LogP contribution in [0.25, 0.3) is 0 Å². The Morgan fingerprint density at radius 2 is 1.93 bits per heavy atom. The topological polar surface area (TPSA) is 75.7 Å². The lowest BCUT2D eigenvalue weighted by Gasteiger charge is -2.28. The molecular weight excluding hydrogens is 388 g/mol. The molecule has 0 bridgehead atoms. The zero-order valence-electron chi connectivity index (χ0n) is 15.5. The van der Waals surface area contributed by atoms with Crippen molar-refractivity contribution in [2.75, 3.05) is 23.7 Å². The van der Waals surface area contributed by atoms with Crippen molar-refractivity contribution in [1.82, 2.24) is 5.32 Å². The van der Waals surface area contributed by atoms with Gasteiger partial charge < -0.3 is 10.1 Å². The van der Waals surface area contributed by atoms with Crippen molar-refractivity contribution in [2.45, 2.75) is 19.9 Å². The number of benzene rings is 2. The third kappa shape index (κ3) is 5.87. The van der Waals surface area contributed by atoms with Crippen molar-refractivity contribution in [3.05, 3.63) is 59.1 Å². The molecule has 0 aromatic heterocycles. The Kier molecular flexibility index (Phi) is 7.10. The highest BCUT2D eigenvalue weighted by atomic mass is 35.5. The summed E-state index contributed by atoms with van der Waals surface area (Å²) in [6, 6.07) is 13.0. The molecule has 27 heavy (non-hydrogen) atoms. The maximum absolute atomic E-state index is 12.5. The number of nitrogens with zero attached hydrogens (tertiary/aromatic N) is 1. The molecule has 0 aliphatic rings. The van der Waals surface area contributed by atoms with Crippen LogP contribution >= 0.6 is 11.6 Å². The van der Waals surface area contributed by atoms with E-state index in [0.29, 0.717) is 10.7 Å². The summed E-state index contributed by atoms with van der Waals surface area (Å²) >= 11 is 5.96. The largest absolute Gasteiger partial charge is 0.491 e. The Bertz CT molecular complexity index is 902. The first-order chi connectivity index (χ1) is 12.7. The van der Waals surface area contributed by atoms with E-state index in [1.807, 2.05) is 31.2 Å². The normalized spacial score (nSPS) is 12.3. The van der Waals surface area contributed by atoms with Gasteiger partial charge in [-0.15, -0.1) is 0 Å². The minimum absolute atomic E-state index is 0.255. The number of sulfonamides is 1. The first kappa shape index (κ1) is 21.1. The van der Waals surface area contributed by atoms with Gasteiger partial charge in [0.2, 0.25) is 15.9 Å². The van der Waals surface area contributed by atoms with Gasteiger partial charge in [0.25, 0.3) is 0 Å². The lowest BCUT2D eigenvalue weighted by atomic mass is 10.2. The first-order valence-corrected chi connectivity index (χ1v) is 10.6. The van der Waals surface area contributed by atoms with Crippen LogP contribution in [0.15, 0.2) is 48.5 Å². The molecule has 2 aromatic carbocycles. The van der Waals surface area contributed by atoms with Crippen LogP contribution in [0.1, 0.15) is 12.5 Å². The van der Waals surface area contributed by atoms with Gasteiger partial charge >= 0.3 is 0 Å². The fourth-order valence-electron chi connectivity index (χ4n) is 2.62. The lowest BCUT2D eigenvalue weighted by molar-refractivity contribution is -0.121. The summed E-state index contributed by atoms with van der Waals surface area (Å²) in [6.07, 6.45) is 1.05. The van der Waals surface area contributed by atoms with Gasteiger partial charge in [0, 0.05) is 5.02 Å². The Labute approximate surface area is 165 Å². The van der Waals surface area contributed by atoms with E-state index in [9.17, 15) is 13.2 Å². The molecule has 1 N–H and O–H groups in total. The number of nitrogens with one attached hydrogen (secondary N) is 1. The number of aryl methyl sites for hydroxylation is 1. The molecule has 8 heteroatoms. The number of carbonyl (C=O) groups excluding carboxylic acids is 1. The predicted octanol–water partition coefficient (Wildman–Crippen LogP) is 3.00. The molecule has 1 unspecified atom stereocenters. The van der Waals surface area contributed by atoms with Crippen molar-refractivity contribution in [3.8, 4) is 5.75 Å². The summed E-state index contributed by atoms with van der Waals surface area (Å²) in [5.41, 5.74) is 1.34. The van der Waals surface area contributed by atoms with Crippen LogP contribution in [0.3, 0.4) is 0 Å². The molecule has 146 valence electrons. The average Bonchev–Trinajstić information content (AvgIpc) is 2.59. The van der Waals surface area contributed by atoms with E-state index < -0.39 is 22.0 Å². The molecule has 0 saturated carbocycles. The maximum atomic E-state index is 12.5.